The van der Waals surface area contributed by atoms with Crippen LogP contribution in [0.5, 0.6) is 0 Å². The van der Waals surface area contributed by atoms with Gasteiger partial charge in [0.05, 0.1) is 0 Å². The molecule has 0 amide bonds. The van der Waals surface area contributed by atoms with Crippen molar-refractivity contribution in [3.63, 3.8) is 0 Å². The van der Waals surface area contributed by atoms with Crippen LogP contribution < -0.4 is 10.6 Å². The van der Waals surface area contributed by atoms with Gasteiger partial charge in [0.15, 0.2) is 0 Å². The molecule has 6 unspecified atom stereocenters. The molecule has 2 aromatic carbocycles. The van der Waals surface area contributed by atoms with Crippen LogP contribution >= 0.6 is 15.8 Å². The van der Waals surface area contributed by atoms with Crippen molar-refractivity contribution in [1.29, 1.82) is 0 Å². The van der Waals surface area contributed by atoms with Crippen LogP contribution in [0.25, 0.3) is 0 Å². The zero-order chi connectivity index (χ0) is 32.6. The molecule has 0 aliphatic heterocycles. The summed E-state index contributed by atoms with van der Waals surface area (Å²) in [7, 11) is 0.0372. The van der Waals surface area contributed by atoms with Crippen LogP contribution in [-0.2, 0) is 34.1 Å². The fourth-order valence-corrected chi connectivity index (χ4v) is 14.6. The van der Waals surface area contributed by atoms with E-state index in [1.54, 1.807) is 10.6 Å². The molecule has 4 aliphatic rings. The second-order valence-electron chi connectivity index (χ2n) is 15.7. The molecule has 0 spiro atoms. The van der Waals surface area contributed by atoms with Gasteiger partial charge in [-0.15, -0.1) is 7.92 Å². The van der Waals surface area contributed by atoms with E-state index in [1.807, 2.05) is 0 Å². The molecule has 0 nitrogen and oxygen atoms in total. The molecule has 306 valence electrons. The SMILES string of the molecule is C.C1CCCC1.C1CCCC1.CC(C)C1C(C)CCC1P(c1ccccc1)c1ccccc1.CC(C)C1CCCC1P(C)C(C)C.[CH3-].[CH3-].[CH3-].[CH3-].[Fe+2].[Fe+2]. The van der Waals surface area contributed by atoms with E-state index in [0.717, 1.165) is 46.6 Å². The first kappa shape index (κ1) is 61.6. The van der Waals surface area contributed by atoms with Crippen LogP contribution in [0.4, 0.5) is 0 Å². The van der Waals surface area contributed by atoms with E-state index in [9.17, 15) is 0 Å². The maximum absolute atomic E-state index is 2.52. The van der Waals surface area contributed by atoms with Gasteiger partial charge in [-0.2, -0.15) is 0 Å². The Bertz CT molecular complexity index is 939. The maximum atomic E-state index is 2.52. The summed E-state index contributed by atoms with van der Waals surface area (Å²) in [4.78, 5) is 0. The van der Waals surface area contributed by atoms with Crippen LogP contribution in [0.15, 0.2) is 60.7 Å². The van der Waals surface area contributed by atoms with Crippen LogP contribution in [0.1, 0.15) is 152 Å². The Morgan fingerprint density at radius 2 is 0.885 bits per heavy atom. The minimum Gasteiger partial charge on any atom is -0.358 e. The smallest absolute Gasteiger partial charge is 0.358 e. The summed E-state index contributed by atoms with van der Waals surface area (Å²) >= 11 is 0. The van der Waals surface area contributed by atoms with Crippen molar-refractivity contribution in [1.82, 2.24) is 0 Å². The Balaban J connectivity index is -0.000000211. The van der Waals surface area contributed by atoms with E-state index in [0.29, 0.717) is 0 Å². The summed E-state index contributed by atoms with van der Waals surface area (Å²) in [5.74, 6) is 4.45. The largest absolute Gasteiger partial charge is 2.00 e. The Morgan fingerprint density at radius 3 is 1.21 bits per heavy atom. The quantitative estimate of drug-likeness (QED) is 0.148. The minimum atomic E-state index is -0.250. The molecule has 4 heteroatoms. The van der Waals surface area contributed by atoms with Crippen LogP contribution in [0.3, 0.4) is 0 Å². The number of hydrogen-bond acceptors (Lipinski definition) is 0. The predicted octanol–water partition coefficient (Wildman–Crippen LogP) is 15.9. The van der Waals surface area contributed by atoms with Gasteiger partial charge in [0.25, 0.3) is 0 Å². The summed E-state index contributed by atoms with van der Waals surface area (Å²) in [6.45, 7) is 19.5. The topological polar surface area (TPSA) is 0 Å². The minimum absolute atomic E-state index is 0. The second-order valence-corrected chi connectivity index (χ2v) is 21.1. The van der Waals surface area contributed by atoms with E-state index in [4.69, 9.17) is 0 Å². The van der Waals surface area contributed by atoms with Crippen molar-refractivity contribution in [3.05, 3.63) is 90.4 Å². The van der Waals surface area contributed by atoms with Crippen LogP contribution in [0.2, 0.25) is 0 Å². The molecule has 0 N–H and O–H groups in total. The molecular weight excluding hydrogens is 750 g/mol. The number of rotatable bonds is 7. The molecule has 4 aliphatic carbocycles. The molecule has 6 rings (SSSR count). The second kappa shape index (κ2) is 34.6. The normalized spacial score (nSPS) is 23.1. The van der Waals surface area contributed by atoms with E-state index >= 15 is 0 Å². The Morgan fingerprint density at radius 1 is 0.500 bits per heavy atom. The average molecular weight is 839 g/mol. The first-order valence-corrected chi connectivity index (χ1v) is 22.7. The van der Waals surface area contributed by atoms with Crippen molar-refractivity contribution >= 4 is 26.5 Å². The van der Waals surface area contributed by atoms with Gasteiger partial charge in [0.1, 0.15) is 0 Å². The van der Waals surface area contributed by atoms with Crippen LogP contribution in [0, 0.1) is 59.3 Å². The first-order valence-electron chi connectivity index (χ1n) is 19.3. The van der Waals surface area contributed by atoms with E-state index in [-0.39, 0.29) is 87.1 Å². The summed E-state index contributed by atoms with van der Waals surface area (Å²) in [6, 6.07) is 22.5. The van der Waals surface area contributed by atoms with Gasteiger partial charge in [-0.3, -0.25) is 0 Å². The first-order chi connectivity index (χ1) is 21.7. The Labute approximate surface area is 354 Å². The zero-order valence-corrected chi connectivity index (χ0v) is 39.6. The van der Waals surface area contributed by atoms with Gasteiger partial charge >= 0.3 is 34.1 Å². The van der Waals surface area contributed by atoms with Crippen molar-refractivity contribution in [3.8, 4) is 0 Å². The molecule has 0 heterocycles. The zero-order valence-electron chi connectivity index (χ0n) is 35.6. The third-order valence-electron chi connectivity index (χ3n) is 11.4. The summed E-state index contributed by atoms with van der Waals surface area (Å²) in [5, 5.41) is 3.10. The summed E-state index contributed by atoms with van der Waals surface area (Å²) in [5.41, 5.74) is 2.84. The number of benzene rings is 2. The van der Waals surface area contributed by atoms with Crippen molar-refractivity contribution in [2.75, 3.05) is 6.66 Å². The van der Waals surface area contributed by atoms with Crippen molar-refractivity contribution in [2.24, 2.45) is 29.6 Å². The molecule has 2 aromatic rings. The molecule has 0 bridgehead atoms. The monoisotopic (exact) mass is 839 g/mol. The van der Waals surface area contributed by atoms with Crippen molar-refractivity contribution < 1.29 is 34.1 Å². The third-order valence-corrected chi connectivity index (χ3v) is 17.7. The standard InChI is InChI=1S/C21H27P.C12H25P.2C5H10.CH4.4CH3.2Fe/c1-16(2)21-17(3)14-15-20(21)22(18-10-6-4-7-11-18)19-12-8-5-9-13-19;1-9(2)11-7-6-8-12(11)13(5)10(3)4;2*1-2-4-5-3-1;;;;;;;/h4-13,16-17,20-21H,14-15H2,1-3H3;9-12H,6-8H2,1-5H3;2*1-5H2;1H4;4*1H3;;/q;;;;;4*-1;2*+2. The van der Waals surface area contributed by atoms with E-state index in [2.05, 4.69) is 116 Å². The van der Waals surface area contributed by atoms with Crippen LogP contribution in [-0.4, -0.2) is 23.6 Å². The van der Waals surface area contributed by atoms with Gasteiger partial charge in [-0.05, 0) is 97.4 Å². The molecule has 4 saturated carbocycles. The molecular formula is C48H88Fe2P2. The predicted molar refractivity (Wildman–Crippen MR) is 242 cm³/mol. The fraction of sp³-hybridized carbons (Fsp3) is 0.667. The molecule has 4 fully saturated rings. The Kier molecular flexibility index (Phi) is 40.9. The van der Waals surface area contributed by atoms with Gasteiger partial charge in [-0.25, -0.2) is 0 Å². The van der Waals surface area contributed by atoms with Gasteiger partial charge in [-0.1, -0.05) is 187 Å². The van der Waals surface area contributed by atoms with E-state index in [1.165, 1.54) is 96.3 Å². The fourth-order valence-electron chi connectivity index (χ4n) is 8.71. The number of hydrogen-bond donors (Lipinski definition) is 0. The third kappa shape index (κ3) is 20.5. The molecule has 0 saturated heterocycles. The van der Waals surface area contributed by atoms with Gasteiger partial charge in [0.2, 0.25) is 0 Å². The maximum Gasteiger partial charge on any atom is 2.00 e. The molecule has 52 heavy (non-hydrogen) atoms. The molecule has 6 atom stereocenters. The van der Waals surface area contributed by atoms with E-state index < -0.39 is 0 Å². The summed E-state index contributed by atoms with van der Waals surface area (Å²) < 4.78 is 0. The van der Waals surface area contributed by atoms with Gasteiger partial charge < -0.3 is 29.7 Å². The summed E-state index contributed by atoms with van der Waals surface area (Å²) in [6.07, 6.45) is 22.3. The molecule has 0 aromatic heterocycles. The Hall–Kier alpha value is 0.339. The van der Waals surface area contributed by atoms with Gasteiger partial charge in [0, 0.05) is 0 Å². The average Bonchev–Trinajstić information content (AvgIpc) is 3.88. The molecule has 0 radical (unpaired) electrons. The van der Waals surface area contributed by atoms with Crippen molar-refractivity contribution in [2.45, 2.75) is 169 Å².